The molecular formula is C43H66N2O5S. The fraction of sp³-hybridized carbons (Fsp3) is 0.791. The number of hydrogen-bond acceptors (Lipinski definition) is 6. The molecule has 0 aromatic heterocycles. The van der Waals surface area contributed by atoms with E-state index in [-0.39, 0.29) is 32.8 Å². The second-order valence-electron chi connectivity index (χ2n) is 19.6. The van der Waals surface area contributed by atoms with Crippen molar-refractivity contribution < 1.29 is 23.1 Å². The van der Waals surface area contributed by atoms with Gasteiger partial charge in [0.05, 0.1) is 22.7 Å². The van der Waals surface area contributed by atoms with Gasteiger partial charge in [0.25, 0.3) is 0 Å². The number of methoxy groups -OCH3 is 1. The molecule has 5 aliphatic carbocycles. The molecule has 8 heteroatoms. The molecule has 1 heterocycles. The maximum atomic E-state index is 12.1. The highest BCUT2D eigenvalue weighted by Crippen LogP contribution is 2.76. The van der Waals surface area contributed by atoms with Gasteiger partial charge in [-0.1, -0.05) is 52.8 Å². The Bertz CT molecular complexity index is 1640. The zero-order valence-corrected chi connectivity index (χ0v) is 33.6. The number of hydrogen-bond donors (Lipinski definition) is 2. The van der Waals surface area contributed by atoms with Crippen LogP contribution in [0.2, 0.25) is 0 Å². The molecule has 6 aliphatic rings. The van der Waals surface area contributed by atoms with Crippen molar-refractivity contribution in [3.05, 3.63) is 41.5 Å². The van der Waals surface area contributed by atoms with E-state index in [1.54, 1.807) is 12.1 Å². The second-order valence-corrected chi connectivity index (χ2v) is 22.0. The summed E-state index contributed by atoms with van der Waals surface area (Å²) in [4.78, 5) is 13.9. The van der Waals surface area contributed by atoms with Gasteiger partial charge in [-0.15, -0.1) is 0 Å². The number of nitrogens with zero attached hydrogens (tertiary/aromatic N) is 1. The summed E-state index contributed by atoms with van der Waals surface area (Å²) in [6.07, 6.45) is 13.5. The van der Waals surface area contributed by atoms with Gasteiger partial charge in [0.15, 0.2) is 9.84 Å². The minimum atomic E-state index is -2.87. The number of benzene rings is 1. The van der Waals surface area contributed by atoms with Crippen molar-refractivity contribution in [2.24, 2.45) is 51.2 Å². The van der Waals surface area contributed by atoms with Crippen LogP contribution in [0.1, 0.15) is 122 Å². The van der Waals surface area contributed by atoms with E-state index in [0.29, 0.717) is 59.7 Å². The Kier molecular flexibility index (Phi) is 9.33. The molecule has 1 aromatic rings. The largest absolute Gasteiger partial charge is 0.478 e. The number of sulfone groups is 1. The van der Waals surface area contributed by atoms with Crippen LogP contribution in [-0.4, -0.2) is 80.3 Å². The van der Waals surface area contributed by atoms with Gasteiger partial charge in [0.2, 0.25) is 0 Å². The van der Waals surface area contributed by atoms with Crippen LogP contribution in [0.5, 0.6) is 0 Å². The van der Waals surface area contributed by atoms with Gasteiger partial charge in [0.1, 0.15) is 0 Å². The van der Waals surface area contributed by atoms with E-state index in [0.717, 1.165) is 19.5 Å². The highest BCUT2D eigenvalue weighted by molar-refractivity contribution is 7.91. The number of nitrogens with one attached hydrogen (secondary N) is 1. The Morgan fingerprint density at radius 2 is 1.61 bits per heavy atom. The number of aromatic carboxylic acids is 1. The first-order valence-electron chi connectivity index (χ1n) is 20.1. The number of ether oxygens (including phenoxy) is 1. The van der Waals surface area contributed by atoms with Gasteiger partial charge in [-0.3, -0.25) is 0 Å². The summed E-state index contributed by atoms with van der Waals surface area (Å²) in [6, 6.07) is 7.58. The van der Waals surface area contributed by atoms with Crippen molar-refractivity contribution in [2.75, 3.05) is 44.8 Å². The van der Waals surface area contributed by atoms with Gasteiger partial charge >= 0.3 is 5.97 Å². The van der Waals surface area contributed by atoms with Crippen LogP contribution in [0.15, 0.2) is 30.3 Å². The Labute approximate surface area is 308 Å². The maximum Gasteiger partial charge on any atom is 0.335 e. The number of fused-ring (bicyclic) bond motifs is 7. The van der Waals surface area contributed by atoms with E-state index in [4.69, 9.17) is 4.74 Å². The minimum absolute atomic E-state index is 0.0000418. The average Bonchev–Trinajstić information content (AvgIpc) is 3.46. The molecule has 284 valence electrons. The number of carboxylic acid groups (broad SMARTS) is 1. The maximum absolute atomic E-state index is 12.1. The zero-order valence-electron chi connectivity index (χ0n) is 32.8. The van der Waals surface area contributed by atoms with Gasteiger partial charge in [-0.05, 0) is 146 Å². The van der Waals surface area contributed by atoms with Crippen LogP contribution < -0.4 is 5.32 Å². The normalized spacial score (nSPS) is 41.8. The fourth-order valence-electron chi connectivity index (χ4n) is 14.2. The highest BCUT2D eigenvalue weighted by Gasteiger charge is 2.71. The lowest BCUT2D eigenvalue weighted by Crippen LogP contribution is -2.68. The molecule has 2 N–H and O–H groups in total. The molecule has 0 bridgehead atoms. The van der Waals surface area contributed by atoms with Crippen LogP contribution in [0, 0.1) is 51.2 Å². The SMILES string of the molecule is COC(C)(C)C1CCC2(NCCN3CCS(=O)(=O)CC3)CCC3(C)C(CCC4C5(C)CC=C(c6ccc(C(=O)O)cc6)C(C)(C)C5CCC43C)C12. The third-order valence-corrected chi connectivity index (χ3v) is 18.8. The van der Waals surface area contributed by atoms with Crippen LogP contribution in [-0.2, 0) is 14.6 Å². The van der Waals surface area contributed by atoms with Crippen molar-refractivity contribution in [1.29, 1.82) is 0 Å². The van der Waals surface area contributed by atoms with Gasteiger partial charge in [-0.2, -0.15) is 0 Å². The van der Waals surface area contributed by atoms with Gasteiger partial charge in [0, 0.05) is 38.8 Å². The second kappa shape index (κ2) is 12.7. The van der Waals surface area contributed by atoms with Gasteiger partial charge < -0.3 is 20.1 Å². The number of rotatable bonds is 8. The summed E-state index contributed by atoms with van der Waals surface area (Å²) >= 11 is 0. The first-order chi connectivity index (χ1) is 23.8. The summed E-state index contributed by atoms with van der Waals surface area (Å²) < 4.78 is 30.5. The third kappa shape index (κ3) is 5.82. The van der Waals surface area contributed by atoms with E-state index in [1.807, 2.05) is 19.2 Å². The summed E-state index contributed by atoms with van der Waals surface area (Å²) in [7, 11) is -0.964. The molecule has 9 unspecified atom stereocenters. The van der Waals surface area contributed by atoms with E-state index < -0.39 is 15.8 Å². The van der Waals surface area contributed by atoms with Crippen LogP contribution >= 0.6 is 0 Å². The molecule has 51 heavy (non-hydrogen) atoms. The van der Waals surface area contributed by atoms with Gasteiger partial charge in [-0.25, -0.2) is 13.2 Å². The molecule has 0 radical (unpaired) electrons. The fourth-order valence-corrected chi connectivity index (χ4v) is 15.4. The minimum Gasteiger partial charge on any atom is -0.478 e. The monoisotopic (exact) mass is 722 g/mol. The standard InChI is InChI=1S/C43H66N2O5S/c1-38(2)31(29-9-11-30(12-10-29)37(46)47)15-18-40(5)34(38)17-19-42(7)35(40)14-13-33-36-32(39(3,4)50-8)16-20-43(36,22-21-41(33,42)6)44-23-24-45-25-27-51(48,49)28-26-45/h9-12,15,32-36,44H,13-14,16-28H2,1-8H3,(H,46,47). The topological polar surface area (TPSA) is 95.9 Å². The van der Waals surface area contributed by atoms with E-state index in [2.05, 4.69) is 64.8 Å². The summed E-state index contributed by atoms with van der Waals surface area (Å²) in [6.45, 7) is 20.8. The Balaban J connectivity index is 1.17. The molecule has 9 atom stereocenters. The molecule has 0 spiro atoms. The first-order valence-corrected chi connectivity index (χ1v) is 21.9. The molecule has 7 nitrogen and oxygen atoms in total. The number of carboxylic acids is 1. The van der Waals surface area contributed by atoms with Crippen LogP contribution in [0.4, 0.5) is 0 Å². The lowest BCUT2D eigenvalue weighted by molar-refractivity contribution is -0.226. The van der Waals surface area contributed by atoms with Crippen LogP contribution in [0.3, 0.4) is 0 Å². The predicted octanol–water partition coefficient (Wildman–Crippen LogP) is 7.96. The Morgan fingerprint density at radius 3 is 2.25 bits per heavy atom. The molecule has 1 aromatic carbocycles. The molecule has 4 saturated carbocycles. The lowest BCUT2D eigenvalue weighted by Gasteiger charge is -2.72. The van der Waals surface area contributed by atoms with Crippen molar-refractivity contribution in [2.45, 2.75) is 117 Å². The molecule has 7 rings (SSSR count). The summed E-state index contributed by atoms with van der Waals surface area (Å²) in [5, 5.41) is 13.7. The third-order valence-electron chi connectivity index (χ3n) is 17.2. The first kappa shape index (κ1) is 37.6. The van der Waals surface area contributed by atoms with Crippen LogP contribution in [0.25, 0.3) is 5.57 Å². The van der Waals surface area contributed by atoms with Crippen molar-refractivity contribution in [3.63, 3.8) is 0 Å². The Morgan fingerprint density at radius 1 is 0.922 bits per heavy atom. The van der Waals surface area contributed by atoms with E-state index >= 15 is 0 Å². The van der Waals surface area contributed by atoms with Crippen molar-refractivity contribution in [1.82, 2.24) is 10.2 Å². The van der Waals surface area contributed by atoms with Crippen molar-refractivity contribution >= 4 is 21.4 Å². The molecule has 1 saturated heterocycles. The Hall–Kier alpha value is -1.74. The van der Waals surface area contributed by atoms with E-state index in [1.165, 1.54) is 62.5 Å². The molecule has 1 aliphatic heterocycles. The quantitative estimate of drug-likeness (QED) is 0.281. The summed E-state index contributed by atoms with van der Waals surface area (Å²) in [5.41, 5.74) is 3.54. The average molecular weight is 723 g/mol. The predicted molar refractivity (Wildman–Crippen MR) is 205 cm³/mol. The highest BCUT2D eigenvalue weighted by atomic mass is 32.2. The van der Waals surface area contributed by atoms with E-state index in [9.17, 15) is 18.3 Å². The summed E-state index contributed by atoms with van der Waals surface area (Å²) in [5.74, 6) is 2.63. The van der Waals surface area contributed by atoms with Crippen molar-refractivity contribution in [3.8, 4) is 0 Å². The smallest absolute Gasteiger partial charge is 0.335 e. The zero-order chi connectivity index (χ0) is 36.8. The number of carbonyl (C=O) groups is 1. The number of allylic oxidation sites excluding steroid dienone is 2. The molecule has 0 amide bonds. The lowest BCUT2D eigenvalue weighted by atomic mass is 9.32. The molecular weight excluding hydrogens is 657 g/mol. The molecule has 5 fully saturated rings.